The van der Waals surface area contributed by atoms with Crippen LogP contribution in [0.4, 0.5) is 11.5 Å². The largest absolute Gasteiger partial charge is 0.354 e. The summed E-state index contributed by atoms with van der Waals surface area (Å²) in [6, 6.07) is 17.3. The second kappa shape index (κ2) is 10.2. The number of hydrogen-bond acceptors (Lipinski definition) is 6. The summed E-state index contributed by atoms with van der Waals surface area (Å²) in [7, 11) is -3.86. The van der Waals surface area contributed by atoms with Gasteiger partial charge in [0.15, 0.2) is 0 Å². The quantitative estimate of drug-likeness (QED) is 0.585. The summed E-state index contributed by atoms with van der Waals surface area (Å²) in [4.78, 5) is 21.6. The van der Waals surface area contributed by atoms with Crippen molar-refractivity contribution in [1.82, 2.24) is 9.88 Å². The number of anilines is 2. The van der Waals surface area contributed by atoms with Gasteiger partial charge < -0.3 is 9.80 Å². The summed E-state index contributed by atoms with van der Waals surface area (Å²) < 4.78 is 28.6. The number of carbonyl (C=O) groups excluding carboxylic acids is 1. The van der Waals surface area contributed by atoms with Crippen molar-refractivity contribution in [3.63, 3.8) is 0 Å². The Morgan fingerprint density at radius 1 is 1.03 bits per heavy atom. The highest BCUT2D eigenvalue weighted by atomic mass is 32.2. The van der Waals surface area contributed by atoms with Gasteiger partial charge in [0.1, 0.15) is 11.9 Å². The van der Waals surface area contributed by atoms with Gasteiger partial charge in [0.2, 0.25) is 0 Å². The molecule has 3 aromatic rings. The molecule has 1 aliphatic heterocycles. The Kier molecular flexibility index (Phi) is 7.03. The van der Waals surface area contributed by atoms with Crippen molar-refractivity contribution in [2.45, 2.75) is 25.2 Å². The van der Waals surface area contributed by atoms with Crippen LogP contribution in [0.25, 0.3) is 0 Å². The molecular formula is C26H27N5O3S. The summed E-state index contributed by atoms with van der Waals surface area (Å²) >= 11 is 0. The van der Waals surface area contributed by atoms with Gasteiger partial charge in [-0.15, -0.1) is 0 Å². The number of sulfonamides is 1. The monoisotopic (exact) mass is 489 g/mol. The van der Waals surface area contributed by atoms with Crippen molar-refractivity contribution in [3.8, 4) is 6.07 Å². The second-order valence-corrected chi connectivity index (χ2v) is 10.2. The maximum absolute atomic E-state index is 13.4. The van der Waals surface area contributed by atoms with Gasteiger partial charge in [0, 0.05) is 43.6 Å². The topological polar surface area (TPSA) is 106 Å². The van der Waals surface area contributed by atoms with Gasteiger partial charge >= 0.3 is 0 Å². The SMILES string of the molecule is Cc1ccc(NS(=O)(=O)c2ccc(C)c(C(=O)N3CCCN(c4ncccc4C#N)CC3)c2)cc1. The third kappa shape index (κ3) is 5.44. The van der Waals surface area contributed by atoms with Crippen molar-refractivity contribution in [1.29, 1.82) is 5.26 Å². The molecule has 0 radical (unpaired) electrons. The number of carbonyl (C=O) groups is 1. The van der Waals surface area contributed by atoms with Gasteiger partial charge in [-0.3, -0.25) is 9.52 Å². The summed E-state index contributed by atoms with van der Waals surface area (Å²) in [6.45, 7) is 5.90. The molecule has 180 valence electrons. The van der Waals surface area contributed by atoms with E-state index < -0.39 is 10.0 Å². The second-order valence-electron chi connectivity index (χ2n) is 8.57. The first kappa shape index (κ1) is 24.2. The third-order valence-corrected chi connectivity index (χ3v) is 7.42. The maximum Gasteiger partial charge on any atom is 0.261 e. The van der Waals surface area contributed by atoms with E-state index in [1.807, 2.05) is 24.0 Å². The third-order valence-electron chi connectivity index (χ3n) is 6.04. The number of amides is 1. The average molecular weight is 490 g/mol. The predicted molar refractivity (Wildman–Crippen MR) is 135 cm³/mol. The molecule has 8 nitrogen and oxygen atoms in total. The number of hydrogen-bond donors (Lipinski definition) is 1. The fourth-order valence-electron chi connectivity index (χ4n) is 4.07. The van der Waals surface area contributed by atoms with Crippen LogP contribution in [0.1, 0.15) is 33.5 Å². The molecule has 2 aromatic carbocycles. The summed E-state index contributed by atoms with van der Waals surface area (Å²) in [5.41, 5.74) is 3.06. The number of nitriles is 1. The van der Waals surface area contributed by atoms with Crippen LogP contribution in [0.2, 0.25) is 0 Å². The van der Waals surface area contributed by atoms with Crippen LogP contribution in [0.15, 0.2) is 65.7 Å². The van der Waals surface area contributed by atoms with Gasteiger partial charge in [-0.1, -0.05) is 23.8 Å². The normalized spacial score (nSPS) is 14.2. The Bertz CT molecular complexity index is 1380. The van der Waals surface area contributed by atoms with Crippen LogP contribution in [0, 0.1) is 25.2 Å². The molecule has 0 bridgehead atoms. The van der Waals surface area contributed by atoms with E-state index in [-0.39, 0.29) is 10.8 Å². The van der Waals surface area contributed by atoms with Crippen LogP contribution >= 0.6 is 0 Å². The number of nitrogens with zero attached hydrogens (tertiary/aromatic N) is 4. The van der Waals surface area contributed by atoms with E-state index in [0.717, 1.165) is 5.56 Å². The summed E-state index contributed by atoms with van der Waals surface area (Å²) in [5, 5.41) is 9.40. The average Bonchev–Trinajstić information content (AvgIpc) is 3.11. The van der Waals surface area contributed by atoms with Crippen LogP contribution in [-0.2, 0) is 10.0 Å². The summed E-state index contributed by atoms with van der Waals surface area (Å²) in [6.07, 6.45) is 2.36. The lowest BCUT2D eigenvalue weighted by Crippen LogP contribution is -2.36. The molecule has 0 saturated carbocycles. The van der Waals surface area contributed by atoms with E-state index in [1.165, 1.54) is 12.1 Å². The molecule has 0 aliphatic carbocycles. The van der Waals surface area contributed by atoms with Crippen molar-refractivity contribution >= 4 is 27.4 Å². The molecule has 35 heavy (non-hydrogen) atoms. The Hall–Kier alpha value is -3.90. The minimum Gasteiger partial charge on any atom is -0.354 e. The lowest BCUT2D eigenvalue weighted by Gasteiger charge is -2.24. The molecule has 1 aromatic heterocycles. The van der Waals surface area contributed by atoms with E-state index in [9.17, 15) is 18.5 Å². The van der Waals surface area contributed by atoms with Gasteiger partial charge in [-0.25, -0.2) is 13.4 Å². The van der Waals surface area contributed by atoms with Crippen LogP contribution in [0.5, 0.6) is 0 Å². The number of rotatable bonds is 5. The number of benzene rings is 2. The Morgan fingerprint density at radius 3 is 2.54 bits per heavy atom. The Balaban J connectivity index is 1.53. The van der Waals surface area contributed by atoms with E-state index >= 15 is 0 Å². The molecular weight excluding hydrogens is 462 g/mol. The van der Waals surface area contributed by atoms with Crippen molar-refractivity contribution in [2.75, 3.05) is 35.8 Å². The molecule has 2 heterocycles. The predicted octanol–water partition coefficient (Wildman–Crippen LogP) is 3.72. The minimum atomic E-state index is -3.86. The summed E-state index contributed by atoms with van der Waals surface area (Å²) in [5.74, 6) is 0.411. The van der Waals surface area contributed by atoms with Gasteiger partial charge in [-0.2, -0.15) is 5.26 Å². The molecule has 9 heteroatoms. The molecule has 1 aliphatic rings. The van der Waals surface area contributed by atoms with E-state index in [2.05, 4.69) is 15.8 Å². The molecule has 1 amide bonds. The first-order valence-electron chi connectivity index (χ1n) is 11.4. The van der Waals surface area contributed by atoms with Crippen LogP contribution in [0.3, 0.4) is 0 Å². The van der Waals surface area contributed by atoms with Crippen LogP contribution in [-0.4, -0.2) is 50.4 Å². The highest BCUT2D eigenvalue weighted by Crippen LogP contribution is 2.23. The number of aromatic nitrogens is 1. The Labute approximate surface area is 205 Å². The van der Waals surface area contributed by atoms with Gasteiger partial charge in [0.25, 0.3) is 15.9 Å². The molecule has 1 N–H and O–H groups in total. The zero-order chi connectivity index (χ0) is 25.0. The molecule has 0 spiro atoms. The van der Waals surface area contributed by atoms with Crippen molar-refractivity contribution in [2.24, 2.45) is 0 Å². The van der Waals surface area contributed by atoms with Crippen molar-refractivity contribution in [3.05, 3.63) is 83.0 Å². The maximum atomic E-state index is 13.4. The first-order valence-corrected chi connectivity index (χ1v) is 12.9. The molecule has 0 unspecified atom stereocenters. The fraction of sp³-hybridized carbons (Fsp3) is 0.269. The molecule has 1 fully saturated rings. The standard InChI is InChI=1S/C26H27N5O3S/c1-19-6-9-22(10-7-19)29-35(33,34)23-11-8-20(2)24(17-23)26(32)31-14-4-13-30(15-16-31)25-21(18-27)5-3-12-28-25/h3,5-12,17,29H,4,13-16H2,1-2H3. The number of aryl methyl sites for hydroxylation is 2. The Morgan fingerprint density at radius 2 is 1.80 bits per heavy atom. The lowest BCUT2D eigenvalue weighted by molar-refractivity contribution is 0.0766. The molecule has 1 saturated heterocycles. The highest BCUT2D eigenvalue weighted by molar-refractivity contribution is 7.92. The van der Waals surface area contributed by atoms with Crippen molar-refractivity contribution < 1.29 is 13.2 Å². The number of pyridine rings is 1. The highest BCUT2D eigenvalue weighted by Gasteiger charge is 2.25. The van der Waals surface area contributed by atoms with E-state index in [0.29, 0.717) is 60.8 Å². The molecule has 0 atom stereocenters. The smallest absolute Gasteiger partial charge is 0.261 e. The zero-order valence-electron chi connectivity index (χ0n) is 19.7. The fourth-order valence-corrected chi connectivity index (χ4v) is 5.16. The van der Waals surface area contributed by atoms with Gasteiger partial charge in [0.05, 0.1) is 10.5 Å². The van der Waals surface area contributed by atoms with Gasteiger partial charge in [-0.05, 0) is 62.2 Å². The first-order chi connectivity index (χ1) is 16.8. The number of nitrogens with one attached hydrogen (secondary N) is 1. The lowest BCUT2D eigenvalue weighted by atomic mass is 10.1. The van der Waals surface area contributed by atoms with E-state index in [4.69, 9.17) is 0 Å². The van der Waals surface area contributed by atoms with E-state index in [1.54, 1.807) is 48.4 Å². The minimum absolute atomic E-state index is 0.0376. The van der Waals surface area contributed by atoms with Crippen LogP contribution < -0.4 is 9.62 Å². The molecule has 4 rings (SSSR count). The zero-order valence-corrected chi connectivity index (χ0v) is 20.5.